The lowest BCUT2D eigenvalue weighted by molar-refractivity contribution is 0.112. The molecule has 0 amide bonds. The van der Waals surface area contributed by atoms with Gasteiger partial charge in [0.05, 0.1) is 6.61 Å². The second-order valence-corrected chi connectivity index (χ2v) is 7.84. The topological polar surface area (TPSA) is 52.3 Å². The number of nitrogen functional groups attached to an aromatic ring is 1. The quantitative estimate of drug-likeness (QED) is 0.184. The number of aldehydes is 1. The van der Waals surface area contributed by atoms with Crippen LogP contribution in [0, 0.1) is 0 Å². The normalized spacial score (nSPS) is 10.2. The van der Waals surface area contributed by atoms with E-state index >= 15 is 0 Å². The van der Waals surface area contributed by atoms with Crippen LogP contribution in [0.15, 0.2) is 54.6 Å². The molecule has 2 N–H and O–H groups in total. The molecule has 2 aromatic rings. The molecule has 2 rings (SSSR count). The second-order valence-electron chi connectivity index (χ2n) is 7.84. The van der Waals surface area contributed by atoms with Gasteiger partial charge in [-0.25, -0.2) is 0 Å². The summed E-state index contributed by atoms with van der Waals surface area (Å²) in [5, 5.41) is 0. The van der Waals surface area contributed by atoms with E-state index in [0.29, 0.717) is 0 Å². The Morgan fingerprint density at radius 2 is 1.20 bits per heavy atom. The van der Waals surface area contributed by atoms with Crippen LogP contribution in [-0.4, -0.2) is 12.9 Å². The first-order chi connectivity index (χ1) is 14.8. The fourth-order valence-corrected chi connectivity index (χ4v) is 3.23. The summed E-state index contributed by atoms with van der Waals surface area (Å²) in [4.78, 5) is 10.0. The Balaban J connectivity index is 0.000000467. The van der Waals surface area contributed by atoms with Crippen LogP contribution in [0.1, 0.15) is 94.3 Å². The molecule has 2 aromatic carbocycles. The molecule has 166 valence electrons. The van der Waals surface area contributed by atoms with Gasteiger partial charge in [-0.2, -0.15) is 0 Å². The fraction of sp³-hybridized carbons (Fsp3) is 0.519. The van der Waals surface area contributed by atoms with Crippen LogP contribution < -0.4 is 10.5 Å². The van der Waals surface area contributed by atoms with E-state index in [1.807, 2.05) is 42.5 Å². The number of unbranched alkanes of at least 4 members (excludes halogenated alkanes) is 11. The molecule has 0 radical (unpaired) electrons. The Morgan fingerprint density at radius 1 is 0.700 bits per heavy atom. The van der Waals surface area contributed by atoms with Crippen molar-refractivity contribution in [3.05, 3.63) is 60.2 Å². The van der Waals surface area contributed by atoms with E-state index in [-0.39, 0.29) is 0 Å². The standard InChI is InChI=1S/C20H35NO.C7H6O/c1-2-3-4-5-6-7-8-9-10-11-12-13-18-22-20-16-14-19(21)15-17-20;8-6-7-4-2-1-3-5-7/h14-17H,2-13,18,21H2,1H3;1-6H. The molecule has 0 heterocycles. The van der Waals surface area contributed by atoms with Gasteiger partial charge < -0.3 is 10.5 Å². The van der Waals surface area contributed by atoms with Crippen molar-refractivity contribution in [1.29, 1.82) is 0 Å². The van der Waals surface area contributed by atoms with Crippen LogP contribution in [0.2, 0.25) is 0 Å². The Morgan fingerprint density at radius 3 is 1.67 bits per heavy atom. The first-order valence-electron chi connectivity index (χ1n) is 11.7. The summed E-state index contributed by atoms with van der Waals surface area (Å²) < 4.78 is 5.70. The predicted molar refractivity (Wildman–Crippen MR) is 129 cm³/mol. The van der Waals surface area contributed by atoms with Crippen molar-refractivity contribution in [2.24, 2.45) is 0 Å². The first kappa shape index (κ1) is 25.7. The Kier molecular flexibility index (Phi) is 16.1. The zero-order valence-electron chi connectivity index (χ0n) is 18.9. The number of anilines is 1. The van der Waals surface area contributed by atoms with Gasteiger partial charge in [0, 0.05) is 11.3 Å². The number of nitrogens with two attached hydrogens (primary N) is 1. The molecular weight excluding hydrogens is 370 g/mol. The van der Waals surface area contributed by atoms with Crippen LogP contribution in [0.25, 0.3) is 0 Å². The van der Waals surface area contributed by atoms with Crippen LogP contribution >= 0.6 is 0 Å². The van der Waals surface area contributed by atoms with Crippen molar-refractivity contribution in [3.63, 3.8) is 0 Å². The van der Waals surface area contributed by atoms with Gasteiger partial charge in [0.1, 0.15) is 12.0 Å². The van der Waals surface area contributed by atoms with E-state index in [9.17, 15) is 4.79 Å². The average Bonchev–Trinajstić information content (AvgIpc) is 2.79. The van der Waals surface area contributed by atoms with Crippen molar-refractivity contribution in [2.45, 2.75) is 84.0 Å². The molecule has 0 aliphatic rings. The third-order valence-electron chi connectivity index (χ3n) is 5.08. The summed E-state index contributed by atoms with van der Waals surface area (Å²) in [5.41, 5.74) is 7.16. The molecule has 0 atom stereocenters. The number of rotatable bonds is 15. The minimum atomic E-state index is 0.729. The number of ether oxygens (including phenoxy) is 1. The highest BCUT2D eigenvalue weighted by molar-refractivity contribution is 5.74. The van der Waals surface area contributed by atoms with Crippen molar-refractivity contribution in [3.8, 4) is 5.75 Å². The summed E-state index contributed by atoms with van der Waals surface area (Å²) in [5.74, 6) is 0.928. The largest absolute Gasteiger partial charge is 0.494 e. The lowest BCUT2D eigenvalue weighted by Gasteiger charge is -2.06. The monoisotopic (exact) mass is 411 g/mol. The summed E-state index contributed by atoms with van der Waals surface area (Å²) >= 11 is 0. The lowest BCUT2D eigenvalue weighted by Crippen LogP contribution is -1.97. The van der Waals surface area contributed by atoms with E-state index in [2.05, 4.69) is 6.92 Å². The molecule has 0 aliphatic carbocycles. The number of carbonyl (C=O) groups excluding carboxylic acids is 1. The summed E-state index contributed by atoms with van der Waals surface area (Å²) in [6, 6.07) is 16.8. The average molecular weight is 412 g/mol. The fourth-order valence-electron chi connectivity index (χ4n) is 3.23. The van der Waals surface area contributed by atoms with Crippen LogP contribution in [0.4, 0.5) is 5.69 Å². The molecule has 0 saturated heterocycles. The third kappa shape index (κ3) is 14.7. The highest BCUT2D eigenvalue weighted by Crippen LogP contribution is 2.15. The van der Waals surface area contributed by atoms with E-state index < -0.39 is 0 Å². The second kappa shape index (κ2) is 18.7. The van der Waals surface area contributed by atoms with E-state index in [1.54, 1.807) is 12.1 Å². The molecule has 3 heteroatoms. The molecule has 0 aromatic heterocycles. The van der Waals surface area contributed by atoms with Gasteiger partial charge in [-0.15, -0.1) is 0 Å². The van der Waals surface area contributed by atoms with Crippen molar-refractivity contribution >= 4 is 12.0 Å². The summed E-state index contributed by atoms with van der Waals surface area (Å²) in [7, 11) is 0. The van der Waals surface area contributed by atoms with Crippen LogP contribution in [0.3, 0.4) is 0 Å². The Hall–Kier alpha value is -2.29. The number of hydrogen-bond donors (Lipinski definition) is 1. The third-order valence-corrected chi connectivity index (χ3v) is 5.08. The molecule has 30 heavy (non-hydrogen) atoms. The predicted octanol–water partition coefficient (Wildman–Crippen LogP) is 7.85. The van der Waals surface area contributed by atoms with Gasteiger partial charge >= 0.3 is 0 Å². The zero-order valence-corrected chi connectivity index (χ0v) is 18.9. The van der Waals surface area contributed by atoms with Gasteiger partial charge in [0.15, 0.2) is 0 Å². The SMILES string of the molecule is CCCCCCCCCCCCCCOc1ccc(N)cc1.O=Cc1ccccc1. The van der Waals surface area contributed by atoms with Crippen molar-refractivity contribution in [2.75, 3.05) is 12.3 Å². The minimum Gasteiger partial charge on any atom is -0.494 e. The lowest BCUT2D eigenvalue weighted by atomic mass is 10.1. The Labute approximate surface area is 184 Å². The maximum Gasteiger partial charge on any atom is 0.150 e. The smallest absolute Gasteiger partial charge is 0.150 e. The van der Waals surface area contributed by atoms with Gasteiger partial charge in [0.25, 0.3) is 0 Å². The molecule has 0 unspecified atom stereocenters. The maximum atomic E-state index is 10.0. The Bertz CT molecular complexity index is 625. The molecule has 0 spiro atoms. The van der Waals surface area contributed by atoms with E-state index in [1.165, 1.54) is 70.6 Å². The van der Waals surface area contributed by atoms with E-state index in [4.69, 9.17) is 10.5 Å². The van der Waals surface area contributed by atoms with Gasteiger partial charge in [-0.05, 0) is 30.7 Å². The highest BCUT2D eigenvalue weighted by Gasteiger charge is 1.95. The molecule has 3 nitrogen and oxygen atoms in total. The molecule has 0 saturated carbocycles. The maximum absolute atomic E-state index is 10.0. The molecular formula is C27H41NO2. The molecule has 0 bridgehead atoms. The highest BCUT2D eigenvalue weighted by atomic mass is 16.5. The number of carbonyl (C=O) groups is 1. The molecule has 0 aliphatic heterocycles. The minimum absolute atomic E-state index is 0.729. The summed E-state index contributed by atoms with van der Waals surface area (Å²) in [6.45, 7) is 3.10. The van der Waals surface area contributed by atoms with Gasteiger partial charge in [-0.3, -0.25) is 4.79 Å². The van der Waals surface area contributed by atoms with Crippen LogP contribution in [0.5, 0.6) is 5.75 Å². The molecule has 0 fully saturated rings. The first-order valence-corrected chi connectivity index (χ1v) is 11.7. The number of hydrogen-bond acceptors (Lipinski definition) is 3. The van der Waals surface area contributed by atoms with Crippen molar-refractivity contribution < 1.29 is 9.53 Å². The van der Waals surface area contributed by atoms with Gasteiger partial charge in [-0.1, -0.05) is 108 Å². The van der Waals surface area contributed by atoms with Crippen molar-refractivity contribution in [1.82, 2.24) is 0 Å². The van der Waals surface area contributed by atoms with Gasteiger partial charge in [0.2, 0.25) is 0 Å². The zero-order chi connectivity index (χ0) is 21.7. The van der Waals surface area contributed by atoms with E-state index in [0.717, 1.165) is 36.3 Å². The summed E-state index contributed by atoms with van der Waals surface area (Å²) in [6.07, 6.45) is 17.4. The number of benzene rings is 2. The van der Waals surface area contributed by atoms with Crippen LogP contribution in [-0.2, 0) is 0 Å².